The largest absolute Gasteiger partial charge is 0.480 e. The van der Waals surface area contributed by atoms with Gasteiger partial charge in [-0.15, -0.1) is 0 Å². The number of nitriles is 1. The summed E-state index contributed by atoms with van der Waals surface area (Å²) in [5, 5.41) is 31.2. The molecule has 0 aliphatic carbocycles. The minimum atomic E-state index is -1.53. The van der Waals surface area contributed by atoms with Crippen molar-refractivity contribution in [1.82, 2.24) is 10.3 Å². The van der Waals surface area contributed by atoms with E-state index in [0.29, 0.717) is 22.7 Å². The molecule has 2 rings (SSSR count). The number of carbonyl (C=O) groups is 3. The molecule has 0 aliphatic rings. The van der Waals surface area contributed by atoms with Crippen LogP contribution in [0.15, 0.2) is 24.4 Å². The highest BCUT2D eigenvalue weighted by atomic mass is 16.4. The Hall–Kier alpha value is -3.80. The molecule has 1 heterocycles. The molecule has 2 unspecified atom stereocenters. The Morgan fingerprint density at radius 2 is 2.14 bits per heavy atom. The molecule has 2 atom stereocenters. The van der Waals surface area contributed by atoms with Crippen LogP contribution in [0.4, 0.5) is 0 Å². The predicted octanol–water partition coefficient (Wildman–Crippen LogP) is 0.162. The van der Waals surface area contributed by atoms with Crippen LogP contribution in [-0.4, -0.2) is 56.0 Å². The van der Waals surface area contributed by atoms with Gasteiger partial charge in [-0.1, -0.05) is 0 Å². The van der Waals surface area contributed by atoms with Gasteiger partial charge in [-0.2, -0.15) is 10.1 Å². The lowest BCUT2D eigenvalue weighted by Gasteiger charge is -2.16. The number of carboxylic acid groups (broad SMARTS) is 1. The molecule has 0 spiro atoms. The Bertz CT molecular complexity index is 999. The average molecular weight is 383 g/mol. The van der Waals surface area contributed by atoms with Crippen molar-refractivity contribution in [2.75, 3.05) is 0 Å². The molecule has 1 aromatic carbocycles. The molecular weight excluding hydrogens is 366 g/mol. The maximum absolute atomic E-state index is 12.2. The number of H-pyrrole nitrogens is 1. The van der Waals surface area contributed by atoms with Gasteiger partial charge in [-0.05, 0) is 30.2 Å². The number of aliphatic hydroxyl groups is 1. The van der Waals surface area contributed by atoms with E-state index in [4.69, 9.17) is 10.8 Å². The van der Waals surface area contributed by atoms with Gasteiger partial charge >= 0.3 is 12.2 Å². The smallest absolute Gasteiger partial charge is 0.326 e. The van der Waals surface area contributed by atoms with Crippen LogP contribution in [0.25, 0.3) is 16.4 Å². The predicted molar refractivity (Wildman–Crippen MR) is 96.2 cm³/mol. The number of nitrogens with zero attached hydrogens (tertiary/aromatic N) is 3. The standard InChI is InChI=1S/C18H17N5O5/c19-7-10-1-3-14-13(5-10)11(8-21-14)6-16(25)17(26)23-15(18(27)28)4-2-12(24)9-22-20/h1,3,5,8-9,15-16,21,25H,2,4,6H2,(H,23,26)(H,27,28). The van der Waals surface area contributed by atoms with Crippen LogP contribution in [0.3, 0.4) is 0 Å². The second-order valence-corrected chi connectivity index (χ2v) is 6.05. The number of aliphatic carboxylic acids is 1. The molecule has 0 saturated carbocycles. The molecule has 0 aliphatic heterocycles. The van der Waals surface area contributed by atoms with Crippen LogP contribution in [0, 0.1) is 11.3 Å². The summed E-state index contributed by atoms with van der Waals surface area (Å²) >= 11 is 0. The fourth-order valence-electron chi connectivity index (χ4n) is 2.66. The first-order chi connectivity index (χ1) is 13.3. The topological polar surface area (TPSA) is 180 Å². The number of aromatic nitrogens is 1. The molecule has 0 fully saturated rings. The number of aromatic amines is 1. The lowest BCUT2D eigenvalue weighted by atomic mass is 10.0. The summed E-state index contributed by atoms with van der Waals surface area (Å²) in [6, 6.07) is 5.59. The SMILES string of the molecule is N#Cc1ccc2[nH]cc(CC(O)C(=O)NC(CCC(=O)C=[N+]=[N-])C(=O)O)c2c1. The number of carbonyl (C=O) groups excluding carboxylic acids is 2. The van der Waals surface area contributed by atoms with Gasteiger partial charge in [-0.3, -0.25) is 9.59 Å². The van der Waals surface area contributed by atoms with Gasteiger partial charge in [0.15, 0.2) is 0 Å². The Labute approximate surface area is 159 Å². The van der Waals surface area contributed by atoms with Crippen LogP contribution in [-0.2, 0) is 20.8 Å². The summed E-state index contributed by atoms with van der Waals surface area (Å²) in [5.41, 5.74) is 10.0. The zero-order valence-corrected chi connectivity index (χ0v) is 14.6. The Kier molecular flexibility index (Phi) is 6.76. The second-order valence-electron chi connectivity index (χ2n) is 6.05. The highest BCUT2D eigenvalue weighted by molar-refractivity contribution is 6.25. The third kappa shape index (κ3) is 5.11. The number of nitrogens with one attached hydrogen (secondary N) is 2. The highest BCUT2D eigenvalue weighted by Gasteiger charge is 2.25. The van der Waals surface area contributed by atoms with E-state index >= 15 is 0 Å². The van der Waals surface area contributed by atoms with Crippen molar-refractivity contribution in [3.8, 4) is 6.07 Å². The van der Waals surface area contributed by atoms with Gasteiger partial charge in [-0.25, -0.2) is 4.79 Å². The van der Waals surface area contributed by atoms with Crippen LogP contribution in [0.5, 0.6) is 0 Å². The molecule has 2 aromatic rings. The molecule has 28 heavy (non-hydrogen) atoms. The number of amides is 1. The number of hydrogen-bond donors (Lipinski definition) is 4. The lowest BCUT2D eigenvalue weighted by Crippen LogP contribution is -2.46. The maximum Gasteiger partial charge on any atom is 0.326 e. The van der Waals surface area contributed by atoms with E-state index in [1.165, 1.54) is 0 Å². The van der Waals surface area contributed by atoms with Gasteiger partial charge in [0.1, 0.15) is 12.1 Å². The van der Waals surface area contributed by atoms with E-state index in [0.717, 1.165) is 5.52 Å². The van der Waals surface area contributed by atoms with Crippen molar-refractivity contribution in [2.24, 2.45) is 0 Å². The maximum atomic E-state index is 12.2. The zero-order valence-electron chi connectivity index (χ0n) is 14.6. The van der Waals surface area contributed by atoms with Gasteiger partial charge in [0.05, 0.1) is 11.6 Å². The average Bonchev–Trinajstić information content (AvgIpc) is 3.06. The molecule has 1 amide bonds. The van der Waals surface area contributed by atoms with Crippen LogP contribution < -0.4 is 5.32 Å². The van der Waals surface area contributed by atoms with Crippen molar-refractivity contribution in [3.05, 3.63) is 41.1 Å². The third-order valence-electron chi connectivity index (χ3n) is 4.11. The Morgan fingerprint density at radius 1 is 1.39 bits per heavy atom. The summed E-state index contributed by atoms with van der Waals surface area (Å²) in [6.07, 6.45) is 0.143. The van der Waals surface area contributed by atoms with Crippen molar-refractivity contribution < 1.29 is 29.4 Å². The van der Waals surface area contributed by atoms with Gasteiger partial charge in [0, 0.05) is 29.9 Å². The van der Waals surface area contributed by atoms with Crippen LogP contribution in [0.1, 0.15) is 24.0 Å². The summed E-state index contributed by atoms with van der Waals surface area (Å²) in [4.78, 5) is 40.3. The van der Waals surface area contributed by atoms with E-state index in [2.05, 4.69) is 15.1 Å². The second kappa shape index (κ2) is 9.23. The minimum absolute atomic E-state index is 0.0941. The number of rotatable bonds is 9. The summed E-state index contributed by atoms with van der Waals surface area (Å²) in [6.45, 7) is 0. The Morgan fingerprint density at radius 3 is 2.79 bits per heavy atom. The number of benzene rings is 1. The molecule has 4 N–H and O–H groups in total. The number of hydrogen-bond acceptors (Lipinski definition) is 5. The first-order valence-corrected chi connectivity index (χ1v) is 8.27. The molecule has 10 heteroatoms. The summed E-state index contributed by atoms with van der Waals surface area (Å²) < 4.78 is 0. The van der Waals surface area contributed by atoms with E-state index in [1.807, 2.05) is 6.07 Å². The van der Waals surface area contributed by atoms with Crippen LogP contribution in [0.2, 0.25) is 0 Å². The summed E-state index contributed by atoms with van der Waals surface area (Å²) in [5.74, 6) is -2.86. The normalized spacial score (nSPS) is 12.4. The molecule has 1 aromatic heterocycles. The number of ketones is 1. The molecule has 144 valence electrons. The molecule has 0 saturated heterocycles. The minimum Gasteiger partial charge on any atom is -0.480 e. The van der Waals surface area contributed by atoms with Gasteiger partial charge < -0.3 is 26.0 Å². The van der Waals surface area contributed by atoms with E-state index in [-0.39, 0.29) is 19.3 Å². The monoisotopic (exact) mass is 383 g/mol. The van der Waals surface area contributed by atoms with Crippen molar-refractivity contribution in [3.63, 3.8) is 0 Å². The van der Waals surface area contributed by atoms with Crippen LogP contribution >= 0.6 is 0 Å². The number of Topliss-reactive ketones (excluding diaryl/α,β-unsaturated/α-hetero) is 1. The fourth-order valence-corrected chi connectivity index (χ4v) is 2.66. The zero-order chi connectivity index (χ0) is 20.7. The molecule has 10 nitrogen and oxygen atoms in total. The van der Waals surface area contributed by atoms with Gasteiger partial charge in [0.25, 0.3) is 0 Å². The lowest BCUT2D eigenvalue weighted by molar-refractivity contribution is -0.143. The first-order valence-electron chi connectivity index (χ1n) is 8.27. The van der Waals surface area contributed by atoms with E-state index in [1.54, 1.807) is 24.4 Å². The summed E-state index contributed by atoms with van der Waals surface area (Å²) in [7, 11) is 0. The number of carboxylic acids is 1. The fraction of sp³-hybridized carbons (Fsp3) is 0.278. The number of fused-ring (bicyclic) bond motifs is 1. The first kappa shape index (κ1) is 20.5. The van der Waals surface area contributed by atoms with Gasteiger partial charge in [0.2, 0.25) is 11.7 Å². The molecule has 0 radical (unpaired) electrons. The third-order valence-corrected chi connectivity index (χ3v) is 4.11. The van der Waals surface area contributed by atoms with Crippen molar-refractivity contribution >= 4 is 34.8 Å². The van der Waals surface area contributed by atoms with Crippen molar-refractivity contribution in [1.29, 1.82) is 5.26 Å². The highest BCUT2D eigenvalue weighted by Crippen LogP contribution is 2.21. The number of aliphatic hydroxyl groups excluding tert-OH is 1. The van der Waals surface area contributed by atoms with E-state index in [9.17, 15) is 24.6 Å². The Balaban J connectivity index is 2.05. The van der Waals surface area contributed by atoms with Crippen molar-refractivity contribution in [2.45, 2.75) is 31.4 Å². The molecule has 0 bridgehead atoms. The molecular formula is C18H17N5O5. The van der Waals surface area contributed by atoms with E-state index < -0.39 is 29.8 Å². The quantitative estimate of drug-likeness (QED) is 0.272.